The van der Waals surface area contributed by atoms with Crippen LogP contribution in [-0.2, 0) is 19.4 Å². The summed E-state index contributed by atoms with van der Waals surface area (Å²) in [5, 5.41) is 35.5. The summed E-state index contributed by atoms with van der Waals surface area (Å²) < 4.78 is 10.4. The highest BCUT2D eigenvalue weighted by atomic mass is 32.1. The van der Waals surface area contributed by atoms with Crippen molar-refractivity contribution in [2.45, 2.75) is 9.79 Å². The molecule has 12 nitrogen and oxygen atoms in total. The van der Waals surface area contributed by atoms with E-state index in [4.69, 9.17) is 28.8 Å². The van der Waals surface area contributed by atoms with Gasteiger partial charge >= 0.3 is 0 Å². The van der Waals surface area contributed by atoms with Crippen LogP contribution in [0, 0.1) is 0 Å². The molecule has 2 N–H and O–H groups in total. The van der Waals surface area contributed by atoms with Crippen molar-refractivity contribution in [1.29, 1.82) is 0 Å². The van der Waals surface area contributed by atoms with Crippen molar-refractivity contribution in [3.63, 3.8) is 0 Å². The number of phenols is 2. The zero-order chi connectivity index (χ0) is 30.2. The normalized spacial score (nSPS) is 11.5. The fourth-order valence-electron chi connectivity index (χ4n) is 3.19. The summed E-state index contributed by atoms with van der Waals surface area (Å²) in [5.74, 6) is 0.529. The Morgan fingerprint density at radius 1 is 0.619 bits per heavy atom. The van der Waals surface area contributed by atoms with E-state index >= 15 is 0 Å². The van der Waals surface area contributed by atoms with Gasteiger partial charge in [0.05, 0.1) is 48.9 Å². The molecule has 0 spiro atoms. The Hall–Kier alpha value is -4.56. The van der Waals surface area contributed by atoms with Gasteiger partial charge in [0.25, 0.3) is 0 Å². The van der Waals surface area contributed by atoms with Gasteiger partial charge in [0, 0.05) is 22.3 Å². The first kappa shape index (κ1) is 32.0. The summed E-state index contributed by atoms with van der Waals surface area (Å²) in [5.41, 5.74) is 2.12. The standard InChI is InChI=1S/C28H30N4O8S2/c1-35-24-7-3-5-20(27(24)41)16-30-38-10-9-37-29-15-19-13-22(26(34)23(33)14-19)18-32-40-12-11-39-31-17-21-6-4-8-25(36-2)28(21)42/h3-8,13-18,33-34,41-42H,9-12H2,1-2H3/b29-15+,30-16+,31-17+,32-18+. The number of thiol groups is 2. The summed E-state index contributed by atoms with van der Waals surface area (Å²) in [6, 6.07) is 13.7. The van der Waals surface area contributed by atoms with E-state index in [1.807, 2.05) is 24.3 Å². The molecule has 222 valence electrons. The van der Waals surface area contributed by atoms with E-state index in [0.717, 1.165) is 11.1 Å². The van der Waals surface area contributed by atoms with Gasteiger partial charge in [-0.3, -0.25) is 0 Å². The quantitative estimate of drug-likeness (QED) is 0.0607. The first-order valence-corrected chi connectivity index (χ1v) is 13.2. The molecule has 0 radical (unpaired) electrons. The highest BCUT2D eigenvalue weighted by molar-refractivity contribution is 7.80. The fourth-order valence-corrected chi connectivity index (χ4v) is 3.79. The predicted octanol–water partition coefficient (Wildman–Crippen LogP) is 4.49. The molecule has 0 aliphatic rings. The van der Waals surface area contributed by atoms with Crippen LogP contribution < -0.4 is 9.47 Å². The lowest BCUT2D eigenvalue weighted by atomic mass is 10.1. The highest BCUT2D eigenvalue weighted by Crippen LogP contribution is 2.29. The molecule has 0 atom stereocenters. The third-order valence-electron chi connectivity index (χ3n) is 5.25. The molecule has 0 saturated carbocycles. The van der Waals surface area contributed by atoms with Crippen molar-refractivity contribution in [2.75, 3.05) is 40.6 Å². The third-order valence-corrected chi connectivity index (χ3v) is 6.21. The number of oxime groups is 4. The van der Waals surface area contributed by atoms with Crippen molar-refractivity contribution in [2.24, 2.45) is 20.6 Å². The number of nitrogens with zero attached hydrogens (tertiary/aromatic N) is 4. The van der Waals surface area contributed by atoms with E-state index < -0.39 is 0 Å². The number of aromatic hydroxyl groups is 2. The molecule has 0 unspecified atom stereocenters. The Kier molecular flexibility index (Phi) is 13.2. The van der Waals surface area contributed by atoms with E-state index in [1.165, 1.54) is 37.0 Å². The smallest absolute Gasteiger partial charge is 0.166 e. The van der Waals surface area contributed by atoms with Crippen molar-refractivity contribution in [3.8, 4) is 23.0 Å². The molecule has 0 aromatic heterocycles. The molecule has 0 bridgehead atoms. The zero-order valence-electron chi connectivity index (χ0n) is 22.8. The Morgan fingerprint density at radius 3 is 1.50 bits per heavy atom. The molecule has 0 fully saturated rings. The molecule has 14 heteroatoms. The molecule has 0 amide bonds. The van der Waals surface area contributed by atoms with Gasteiger partial charge in [-0.05, 0) is 24.3 Å². The number of methoxy groups -OCH3 is 2. The second-order valence-electron chi connectivity index (χ2n) is 8.05. The van der Waals surface area contributed by atoms with Gasteiger partial charge in [0.2, 0.25) is 0 Å². The van der Waals surface area contributed by atoms with Crippen LogP contribution in [0.2, 0.25) is 0 Å². The summed E-state index contributed by atoms with van der Waals surface area (Å²) in [4.78, 5) is 21.9. The fraction of sp³-hybridized carbons (Fsp3) is 0.214. The van der Waals surface area contributed by atoms with Crippen LogP contribution in [0.15, 0.2) is 78.9 Å². The number of hydrogen-bond donors (Lipinski definition) is 4. The first-order chi connectivity index (χ1) is 20.4. The van der Waals surface area contributed by atoms with Crippen LogP contribution in [-0.4, -0.2) is 75.7 Å². The van der Waals surface area contributed by atoms with Crippen LogP contribution in [0.5, 0.6) is 23.0 Å². The first-order valence-electron chi connectivity index (χ1n) is 12.3. The Labute approximate surface area is 253 Å². The largest absolute Gasteiger partial charge is 0.504 e. The summed E-state index contributed by atoms with van der Waals surface area (Å²) in [6.45, 7) is 0.464. The third kappa shape index (κ3) is 9.82. The van der Waals surface area contributed by atoms with Gasteiger partial charge in [-0.2, -0.15) is 0 Å². The molecule has 42 heavy (non-hydrogen) atoms. The second kappa shape index (κ2) is 17.3. The van der Waals surface area contributed by atoms with Crippen LogP contribution in [0.3, 0.4) is 0 Å². The van der Waals surface area contributed by atoms with Crippen molar-refractivity contribution < 1.29 is 39.0 Å². The molecule has 0 aliphatic heterocycles. The van der Waals surface area contributed by atoms with E-state index in [2.05, 4.69) is 45.9 Å². The lowest BCUT2D eigenvalue weighted by Gasteiger charge is -2.05. The molecule has 0 heterocycles. The van der Waals surface area contributed by atoms with Crippen molar-refractivity contribution in [1.82, 2.24) is 0 Å². The SMILES string of the molecule is COc1cccc(/C=N/OCCO/N=C/c2cc(O)c(O)c(/C=N/OCCO/N=C/c3cccc(OC)c3S)c2)c1S. The molecular formula is C28H30N4O8S2. The van der Waals surface area contributed by atoms with Crippen molar-refractivity contribution >= 4 is 50.1 Å². The van der Waals surface area contributed by atoms with Crippen LogP contribution in [0.4, 0.5) is 0 Å². The molecule has 3 aromatic rings. The van der Waals surface area contributed by atoms with E-state index in [9.17, 15) is 10.2 Å². The molecule has 0 saturated heterocycles. The number of rotatable bonds is 16. The van der Waals surface area contributed by atoms with E-state index in [0.29, 0.717) is 26.9 Å². The minimum atomic E-state index is -0.367. The second-order valence-corrected chi connectivity index (χ2v) is 8.94. The minimum absolute atomic E-state index is 0.0862. The molecule has 0 aliphatic carbocycles. The van der Waals surface area contributed by atoms with Crippen molar-refractivity contribution in [3.05, 3.63) is 70.8 Å². The molecule has 3 aromatic carbocycles. The Morgan fingerprint density at radius 2 is 1.05 bits per heavy atom. The summed E-state index contributed by atoms with van der Waals surface area (Å²) in [6.07, 6.45) is 5.62. The maximum Gasteiger partial charge on any atom is 0.166 e. The number of ether oxygens (including phenoxy) is 2. The van der Waals surface area contributed by atoms with Crippen LogP contribution in [0.1, 0.15) is 22.3 Å². The summed E-state index contributed by atoms with van der Waals surface area (Å²) in [7, 11) is 3.12. The van der Waals surface area contributed by atoms with E-state index in [1.54, 1.807) is 26.4 Å². The van der Waals surface area contributed by atoms with Gasteiger partial charge in [0.1, 0.15) is 11.5 Å². The summed E-state index contributed by atoms with van der Waals surface area (Å²) >= 11 is 8.79. The van der Waals surface area contributed by atoms with Gasteiger partial charge in [-0.1, -0.05) is 44.9 Å². The molecule has 3 rings (SSSR count). The number of hydrogen-bond acceptors (Lipinski definition) is 14. The molecular weight excluding hydrogens is 584 g/mol. The number of benzene rings is 3. The van der Waals surface area contributed by atoms with Crippen LogP contribution >= 0.6 is 25.3 Å². The monoisotopic (exact) mass is 614 g/mol. The number of phenolic OH excluding ortho intramolecular Hbond substituents is 2. The lowest BCUT2D eigenvalue weighted by molar-refractivity contribution is 0.0552. The van der Waals surface area contributed by atoms with Gasteiger partial charge < -0.3 is 39.0 Å². The highest BCUT2D eigenvalue weighted by Gasteiger charge is 2.08. The van der Waals surface area contributed by atoms with Gasteiger partial charge in [-0.25, -0.2) is 0 Å². The van der Waals surface area contributed by atoms with E-state index in [-0.39, 0.29) is 43.5 Å². The topological polar surface area (TPSA) is 145 Å². The Bertz CT molecular complexity index is 1430. The maximum absolute atomic E-state index is 10.1. The average molecular weight is 615 g/mol. The Balaban J connectivity index is 1.39. The average Bonchev–Trinajstić information content (AvgIpc) is 2.99. The van der Waals surface area contributed by atoms with Crippen LogP contribution in [0.25, 0.3) is 0 Å². The minimum Gasteiger partial charge on any atom is -0.504 e. The zero-order valence-corrected chi connectivity index (χ0v) is 24.6. The predicted molar refractivity (Wildman–Crippen MR) is 164 cm³/mol. The maximum atomic E-state index is 10.1. The van der Waals surface area contributed by atoms with Gasteiger partial charge in [-0.15, -0.1) is 25.3 Å². The van der Waals surface area contributed by atoms with Gasteiger partial charge in [0.15, 0.2) is 37.9 Å². The lowest BCUT2D eigenvalue weighted by Crippen LogP contribution is -1.99.